The molecule has 0 saturated heterocycles. The number of hydrogen-bond donors (Lipinski definition) is 2. The van der Waals surface area contributed by atoms with Gasteiger partial charge in [-0.2, -0.15) is 5.26 Å². The van der Waals surface area contributed by atoms with Crippen molar-refractivity contribution in [3.05, 3.63) is 45.3 Å². The van der Waals surface area contributed by atoms with E-state index in [1.54, 1.807) is 0 Å². The second kappa shape index (κ2) is 5.87. The molecule has 0 unspecified atom stereocenters. The molecule has 0 radical (unpaired) electrons. The summed E-state index contributed by atoms with van der Waals surface area (Å²) in [6.45, 7) is 1.43. The summed E-state index contributed by atoms with van der Waals surface area (Å²) in [4.78, 5) is 9.93. The molecule has 0 aliphatic rings. The lowest BCUT2D eigenvalue weighted by atomic mass is 10.1. The average molecular weight is 353 g/mol. The molecule has 2 N–H and O–H groups in total. The van der Waals surface area contributed by atoms with E-state index in [1.807, 2.05) is 6.07 Å². The fraction of sp³-hybridized carbons (Fsp3) is 0.0714. The van der Waals surface area contributed by atoms with Crippen molar-refractivity contribution in [3.8, 4) is 17.6 Å². The van der Waals surface area contributed by atoms with Crippen LogP contribution in [0.4, 0.5) is 5.69 Å². The Morgan fingerprint density at radius 2 is 1.87 bits per heavy atom. The summed E-state index contributed by atoms with van der Waals surface area (Å²) < 4.78 is 25.4. The first-order valence-corrected chi connectivity index (χ1v) is 7.93. The number of phenols is 2. The minimum absolute atomic E-state index is 0.0439. The molecular weight excluding hydrogens is 344 g/mol. The molecule has 7 nitrogen and oxygen atoms in total. The van der Waals surface area contributed by atoms with Crippen LogP contribution in [0.15, 0.2) is 39.2 Å². The average Bonchev–Trinajstić information content (AvgIpc) is 2.51. The number of nitriles is 1. The summed E-state index contributed by atoms with van der Waals surface area (Å²) in [7, 11) is -4.20. The molecule has 9 heteroatoms. The fourth-order valence-electron chi connectivity index (χ4n) is 1.98. The van der Waals surface area contributed by atoms with Gasteiger partial charge < -0.3 is 10.2 Å². The van der Waals surface area contributed by atoms with Crippen LogP contribution in [-0.4, -0.2) is 18.6 Å². The molecule has 2 rings (SSSR count). The zero-order valence-electron chi connectivity index (χ0n) is 11.6. The van der Waals surface area contributed by atoms with Gasteiger partial charge in [-0.25, -0.2) is 8.42 Å². The van der Waals surface area contributed by atoms with E-state index in [9.17, 15) is 23.5 Å². The highest BCUT2D eigenvalue weighted by atomic mass is 35.5. The highest BCUT2D eigenvalue weighted by Gasteiger charge is 2.25. The van der Waals surface area contributed by atoms with Gasteiger partial charge >= 0.3 is 0 Å². The molecule has 0 aliphatic carbocycles. The van der Waals surface area contributed by atoms with Gasteiger partial charge in [0.15, 0.2) is 17.2 Å². The summed E-state index contributed by atoms with van der Waals surface area (Å²) in [5.74, 6) is -1.62. The van der Waals surface area contributed by atoms with Gasteiger partial charge in [0.2, 0.25) is 9.84 Å². The van der Waals surface area contributed by atoms with Crippen molar-refractivity contribution in [1.82, 2.24) is 0 Å². The van der Waals surface area contributed by atoms with E-state index in [-0.39, 0.29) is 21.0 Å². The van der Waals surface area contributed by atoms with Crippen LogP contribution in [-0.2, 0) is 9.84 Å². The number of rotatable bonds is 3. The smallest absolute Gasteiger partial charge is 0.207 e. The number of halogens is 1. The summed E-state index contributed by atoms with van der Waals surface area (Å²) in [6, 6.07) is 5.92. The maximum absolute atomic E-state index is 12.7. The molecular formula is C14H9ClN2O5S. The summed E-state index contributed by atoms with van der Waals surface area (Å²) in [6.07, 6.45) is 0. The van der Waals surface area contributed by atoms with Gasteiger partial charge in [0.1, 0.15) is 0 Å². The van der Waals surface area contributed by atoms with E-state index >= 15 is 0 Å². The molecule has 0 saturated carbocycles. The van der Waals surface area contributed by atoms with Gasteiger partial charge in [-0.05, 0) is 35.9 Å². The molecule has 0 aromatic heterocycles. The third-order valence-corrected chi connectivity index (χ3v) is 5.26. The number of benzene rings is 2. The lowest BCUT2D eigenvalue weighted by molar-refractivity contribution is 0.403. The maximum Gasteiger partial charge on any atom is 0.207 e. The van der Waals surface area contributed by atoms with Crippen molar-refractivity contribution in [2.45, 2.75) is 16.7 Å². The second-order valence-corrected chi connectivity index (χ2v) is 6.95. The number of nitroso groups, excluding NO2 is 1. The van der Waals surface area contributed by atoms with Gasteiger partial charge in [0, 0.05) is 11.1 Å². The predicted molar refractivity (Wildman–Crippen MR) is 81.6 cm³/mol. The van der Waals surface area contributed by atoms with E-state index < -0.39 is 31.9 Å². The van der Waals surface area contributed by atoms with Crippen molar-refractivity contribution < 1.29 is 18.6 Å². The molecule has 0 bridgehead atoms. The lowest BCUT2D eigenvalue weighted by Gasteiger charge is -2.11. The van der Waals surface area contributed by atoms with E-state index in [0.717, 1.165) is 18.2 Å². The minimum atomic E-state index is -4.20. The molecule has 2 aromatic rings. The van der Waals surface area contributed by atoms with Crippen LogP contribution in [0.25, 0.3) is 0 Å². The van der Waals surface area contributed by atoms with Crippen LogP contribution in [0, 0.1) is 23.2 Å². The zero-order valence-corrected chi connectivity index (χ0v) is 13.2. The van der Waals surface area contributed by atoms with Gasteiger partial charge in [0.05, 0.1) is 21.4 Å². The Labute approximate surface area is 136 Å². The fourth-order valence-corrected chi connectivity index (χ4v) is 3.85. The standard InChI is InChI=1S/C14H9ClN2O5S/c1-7-8(6-16)2-9(15)3-13(7)23(21,22)10-4-11(17-20)14(19)12(18)5-10/h2-5,18-19H,1H3. The molecule has 0 fully saturated rings. The summed E-state index contributed by atoms with van der Waals surface area (Å²) >= 11 is 5.84. The monoisotopic (exact) mass is 352 g/mol. The first-order chi connectivity index (χ1) is 10.7. The van der Waals surface area contributed by atoms with Crippen molar-refractivity contribution >= 4 is 27.1 Å². The SMILES string of the molecule is Cc1c(C#N)cc(Cl)cc1S(=O)(=O)c1cc(O)c(O)c(N=O)c1. The van der Waals surface area contributed by atoms with Gasteiger partial charge in [0.25, 0.3) is 0 Å². The molecule has 118 valence electrons. The first kappa shape index (κ1) is 16.7. The maximum atomic E-state index is 12.7. The first-order valence-electron chi connectivity index (χ1n) is 6.07. The zero-order chi connectivity index (χ0) is 17.4. The minimum Gasteiger partial charge on any atom is -0.504 e. The van der Waals surface area contributed by atoms with Crippen molar-refractivity contribution in [2.24, 2.45) is 5.18 Å². The Balaban J connectivity index is 2.79. The molecule has 23 heavy (non-hydrogen) atoms. The van der Waals surface area contributed by atoms with Gasteiger partial charge in [-0.3, -0.25) is 0 Å². The predicted octanol–water partition coefficient (Wildman–Crippen LogP) is 3.16. The Morgan fingerprint density at radius 3 is 2.43 bits per heavy atom. The van der Waals surface area contributed by atoms with Crippen LogP contribution in [0.5, 0.6) is 11.5 Å². The van der Waals surface area contributed by atoms with Crippen LogP contribution in [0.2, 0.25) is 5.02 Å². The highest BCUT2D eigenvalue weighted by Crippen LogP contribution is 2.40. The van der Waals surface area contributed by atoms with Crippen molar-refractivity contribution in [2.75, 3.05) is 0 Å². The number of phenolic OH excluding ortho intramolecular Hbond substituents is 2. The van der Waals surface area contributed by atoms with Crippen molar-refractivity contribution in [3.63, 3.8) is 0 Å². The topological polar surface area (TPSA) is 128 Å². The number of hydrogen-bond acceptors (Lipinski definition) is 7. The van der Waals surface area contributed by atoms with E-state index in [4.69, 9.17) is 16.9 Å². The largest absolute Gasteiger partial charge is 0.504 e. The molecule has 0 aliphatic heterocycles. The highest BCUT2D eigenvalue weighted by molar-refractivity contribution is 7.91. The second-order valence-electron chi connectivity index (χ2n) is 4.59. The third kappa shape index (κ3) is 2.84. The lowest BCUT2D eigenvalue weighted by Crippen LogP contribution is -2.05. The normalized spacial score (nSPS) is 11.0. The van der Waals surface area contributed by atoms with Crippen LogP contribution in [0.3, 0.4) is 0 Å². The third-order valence-electron chi connectivity index (χ3n) is 3.19. The van der Waals surface area contributed by atoms with Crippen LogP contribution >= 0.6 is 11.6 Å². The van der Waals surface area contributed by atoms with E-state index in [2.05, 4.69) is 5.18 Å². The summed E-state index contributed by atoms with van der Waals surface area (Å²) in [5, 5.41) is 30.5. The van der Waals surface area contributed by atoms with Gasteiger partial charge in [-0.1, -0.05) is 11.6 Å². The Bertz CT molecular complexity index is 964. The Kier molecular flexibility index (Phi) is 4.27. The molecule has 0 amide bonds. The quantitative estimate of drug-likeness (QED) is 0.645. The number of sulfone groups is 1. The number of aromatic hydroxyl groups is 2. The van der Waals surface area contributed by atoms with Crippen molar-refractivity contribution in [1.29, 1.82) is 5.26 Å². The molecule has 0 heterocycles. The Hall–Kier alpha value is -2.63. The van der Waals surface area contributed by atoms with E-state index in [0.29, 0.717) is 0 Å². The van der Waals surface area contributed by atoms with Crippen LogP contribution < -0.4 is 0 Å². The van der Waals surface area contributed by atoms with E-state index in [1.165, 1.54) is 13.0 Å². The van der Waals surface area contributed by atoms with Gasteiger partial charge in [-0.15, -0.1) is 4.91 Å². The van der Waals surface area contributed by atoms with Crippen LogP contribution in [0.1, 0.15) is 11.1 Å². The molecule has 0 atom stereocenters. The summed E-state index contributed by atoms with van der Waals surface area (Å²) in [5.41, 5.74) is -0.373. The number of nitrogens with zero attached hydrogens (tertiary/aromatic N) is 2. The molecule has 2 aromatic carbocycles. The molecule has 0 spiro atoms. The Morgan fingerprint density at radius 1 is 1.22 bits per heavy atom.